The molecular formula is C20H27N3O3. The lowest BCUT2D eigenvalue weighted by Gasteiger charge is -2.21. The Morgan fingerprint density at radius 2 is 1.73 bits per heavy atom. The van der Waals surface area contributed by atoms with E-state index in [0.29, 0.717) is 19.6 Å². The molecule has 0 saturated carbocycles. The van der Waals surface area contributed by atoms with Gasteiger partial charge in [0.25, 0.3) is 5.91 Å². The lowest BCUT2D eigenvalue weighted by atomic mass is 10.1. The number of aromatic hydroxyl groups is 2. The number of hydrogen-bond acceptors (Lipinski definition) is 5. The fourth-order valence-corrected chi connectivity index (χ4v) is 2.74. The summed E-state index contributed by atoms with van der Waals surface area (Å²) >= 11 is 0. The number of carbonyl (C=O) groups is 1. The molecule has 140 valence electrons. The fourth-order valence-electron chi connectivity index (χ4n) is 2.74. The quantitative estimate of drug-likeness (QED) is 0.518. The van der Waals surface area contributed by atoms with Crippen molar-refractivity contribution in [3.05, 3.63) is 53.6 Å². The topological polar surface area (TPSA) is 84.8 Å². The first-order valence-corrected chi connectivity index (χ1v) is 8.90. The van der Waals surface area contributed by atoms with E-state index in [1.54, 1.807) is 24.3 Å². The molecule has 0 bridgehead atoms. The number of phenolic OH excluding ortho intramolecular Hbond substituents is 2. The van der Waals surface area contributed by atoms with Crippen LogP contribution in [-0.2, 0) is 6.54 Å². The summed E-state index contributed by atoms with van der Waals surface area (Å²) in [5.41, 5.74) is 2.08. The Balaban J connectivity index is 1.78. The highest BCUT2D eigenvalue weighted by Gasteiger charge is 2.09. The van der Waals surface area contributed by atoms with Gasteiger partial charge in [-0.2, -0.15) is 0 Å². The van der Waals surface area contributed by atoms with Gasteiger partial charge in [-0.05, 0) is 32.0 Å². The predicted octanol–water partition coefficient (Wildman–Crippen LogP) is 2.46. The number of nitrogens with one attached hydrogen (secondary N) is 2. The molecule has 1 amide bonds. The van der Waals surface area contributed by atoms with Crippen molar-refractivity contribution in [1.29, 1.82) is 0 Å². The molecule has 0 fully saturated rings. The second-order valence-electron chi connectivity index (χ2n) is 5.94. The van der Waals surface area contributed by atoms with Crippen molar-refractivity contribution in [2.45, 2.75) is 20.4 Å². The van der Waals surface area contributed by atoms with Gasteiger partial charge < -0.3 is 25.7 Å². The number of benzene rings is 2. The molecule has 0 aromatic heterocycles. The van der Waals surface area contributed by atoms with Gasteiger partial charge in [0, 0.05) is 50.0 Å². The summed E-state index contributed by atoms with van der Waals surface area (Å²) in [5, 5.41) is 25.8. The first-order valence-electron chi connectivity index (χ1n) is 8.90. The maximum atomic E-state index is 12.0. The van der Waals surface area contributed by atoms with Crippen LogP contribution in [0.25, 0.3) is 0 Å². The van der Waals surface area contributed by atoms with Crippen molar-refractivity contribution >= 4 is 11.6 Å². The van der Waals surface area contributed by atoms with Crippen LogP contribution in [0.1, 0.15) is 29.8 Å². The highest BCUT2D eigenvalue weighted by atomic mass is 16.3. The largest absolute Gasteiger partial charge is 0.508 e. The molecule has 0 unspecified atom stereocenters. The molecular weight excluding hydrogens is 330 g/mol. The molecule has 0 aliphatic heterocycles. The van der Waals surface area contributed by atoms with Gasteiger partial charge in [-0.25, -0.2) is 0 Å². The van der Waals surface area contributed by atoms with Crippen molar-refractivity contribution in [1.82, 2.24) is 10.6 Å². The Hall–Kier alpha value is -2.73. The molecule has 26 heavy (non-hydrogen) atoms. The van der Waals surface area contributed by atoms with Crippen LogP contribution in [0.3, 0.4) is 0 Å². The Kier molecular flexibility index (Phi) is 7.29. The Morgan fingerprint density at radius 3 is 2.38 bits per heavy atom. The van der Waals surface area contributed by atoms with Gasteiger partial charge in [0.15, 0.2) is 0 Å². The van der Waals surface area contributed by atoms with E-state index in [9.17, 15) is 15.0 Å². The van der Waals surface area contributed by atoms with Crippen molar-refractivity contribution in [3.63, 3.8) is 0 Å². The van der Waals surface area contributed by atoms with Crippen molar-refractivity contribution in [3.8, 4) is 11.5 Å². The molecule has 2 rings (SSSR count). The van der Waals surface area contributed by atoms with E-state index < -0.39 is 0 Å². The minimum Gasteiger partial charge on any atom is -0.508 e. The van der Waals surface area contributed by atoms with E-state index in [1.165, 1.54) is 6.07 Å². The molecule has 0 spiro atoms. The highest BCUT2D eigenvalue weighted by Crippen LogP contribution is 2.24. The number of carbonyl (C=O) groups excluding carboxylic acids is 1. The standard InChI is InChI=1S/C20H27N3O3/c1-3-23(4-2)16-10-9-15(19(25)13-16)14-21-11-12-22-20(26)17-7-5-6-8-18(17)24/h5-10,13,21,24-25H,3-4,11-12,14H2,1-2H3,(H,22,26). The van der Waals surface area contributed by atoms with Crippen LogP contribution in [0.4, 0.5) is 5.69 Å². The van der Waals surface area contributed by atoms with E-state index in [0.717, 1.165) is 24.3 Å². The van der Waals surface area contributed by atoms with E-state index in [1.807, 2.05) is 12.1 Å². The van der Waals surface area contributed by atoms with Crippen LogP contribution in [0.15, 0.2) is 42.5 Å². The fraction of sp³-hybridized carbons (Fsp3) is 0.350. The minimum absolute atomic E-state index is 0.0313. The third-order valence-electron chi connectivity index (χ3n) is 4.25. The summed E-state index contributed by atoms with van der Waals surface area (Å²) in [6.07, 6.45) is 0. The third kappa shape index (κ3) is 5.13. The second kappa shape index (κ2) is 9.68. The van der Waals surface area contributed by atoms with Crippen molar-refractivity contribution in [2.24, 2.45) is 0 Å². The second-order valence-corrected chi connectivity index (χ2v) is 5.94. The summed E-state index contributed by atoms with van der Waals surface area (Å²) < 4.78 is 0. The van der Waals surface area contributed by atoms with Gasteiger partial charge in [-0.1, -0.05) is 18.2 Å². The van der Waals surface area contributed by atoms with E-state index in [2.05, 4.69) is 29.4 Å². The zero-order chi connectivity index (χ0) is 18.9. The molecule has 2 aromatic carbocycles. The lowest BCUT2D eigenvalue weighted by molar-refractivity contribution is 0.0951. The monoisotopic (exact) mass is 357 g/mol. The molecule has 0 heterocycles. The zero-order valence-corrected chi connectivity index (χ0v) is 15.3. The number of amides is 1. The van der Waals surface area contributed by atoms with E-state index in [4.69, 9.17) is 0 Å². The highest BCUT2D eigenvalue weighted by molar-refractivity contribution is 5.96. The van der Waals surface area contributed by atoms with Crippen molar-refractivity contribution < 1.29 is 15.0 Å². The summed E-state index contributed by atoms with van der Waals surface area (Å²) in [5.74, 6) is -0.0763. The molecule has 6 heteroatoms. The van der Waals surface area contributed by atoms with Crippen LogP contribution in [-0.4, -0.2) is 42.3 Å². The summed E-state index contributed by atoms with van der Waals surface area (Å²) in [6.45, 7) is 7.44. The number of phenols is 2. The zero-order valence-electron chi connectivity index (χ0n) is 15.3. The molecule has 0 atom stereocenters. The number of nitrogens with zero attached hydrogens (tertiary/aromatic N) is 1. The Morgan fingerprint density at radius 1 is 1.00 bits per heavy atom. The van der Waals surface area contributed by atoms with Gasteiger partial charge in [-0.15, -0.1) is 0 Å². The number of hydrogen-bond donors (Lipinski definition) is 4. The van der Waals surface area contributed by atoms with Crippen LogP contribution in [0.5, 0.6) is 11.5 Å². The molecule has 0 radical (unpaired) electrons. The minimum atomic E-state index is -0.309. The number of rotatable bonds is 9. The predicted molar refractivity (Wildman–Crippen MR) is 104 cm³/mol. The SMILES string of the molecule is CCN(CC)c1ccc(CNCCNC(=O)c2ccccc2O)c(O)c1. The first-order chi connectivity index (χ1) is 12.6. The van der Waals surface area contributed by atoms with Crippen LogP contribution >= 0.6 is 0 Å². The molecule has 2 aromatic rings. The molecule has 4 N–H and O–H groups in total. The third-order valence-corrected chi connectivity index (χ3v) is 4.25. The van der Waals surface area contributed by atoms with Gasteiger partial charge in [0.2, 0.25) is 0 Å². The smallest absolute Gasteiger partial charge is 0.255 e. The van der Waals surface area contributed by atoms with Gasteiger partial charge in [0.1, 0.15) is 11.5 Å². The van der Waals surface area contributed by atoms with E-state index in [-0.39, 0.29) is 23.0 Å². The lowest BCUT2D eigenvalue weighted by Crippen LogP contribution is -2.31. The molecule has 0 saturated heterocycles. The van der Waals surface area contributed by atoms with E-state index >= 15 is 0 Å². The molecule has 0 aliphatic rings. The maximum Gasteiger partial charge on any atom is 0.255 e. The molecule has 6 nitrogen and oxygen atoms in total. The Labute approximate surface area is 154 Å². The summed E-state index contributed by atoms with van der Waals surface area (Å²) in [6, 6.07) is 12.1. The van der Waals surface area contributed by atoms with Crippen LogP contribution < -0.4 is 15.5 Å². The summed E-state index contributed by atoms with van der Waals surface area (Å²) in [7, 11) is 0. The average molecular weight is 357 g/mol. The normalized spacial score (nSPS) is 10.5. The first kappa shape index (κ1) is 19.6. The van der Waals surface area contributed by atoms with Crippen LogP contribution in [0.2, 0.25) is 0 Å². The van der Waals surface area contributed by atoms with Crippen LogP contribution in [0, 0.1) is 0 Å². The Bertz CT molecular complexity index is 730. The van der Waals surface area contributed by atoms with Gasteiger partial charge in [-0.3, -0.25) is 4.79 Å². The molecule has 0 aliphatic carbocycles. The average Bonchev–Trinajstić information content (AvgIpc) is 2.64. The number of para-hydroxylation sites is 1. The van der Waals surface area contributed by atoms with Gasteiger partial charge in [0.05, 0.1) is 5.56 Å². The van der Waals surface area contributed by atoms with Crippen molar-refractivity contribution in [2.75, 3.05) is 31.1 Å². The summed E-state index contributed by atoms with van der Waals surface area (Å²) in [4.78, 5) is 14.1. The van der Waals surface area contributed by atoms with Gasteiger partial charge >= 0.3 is 0 Å². The maximum absolute atomic E-state index is 12.0. The number of anilines is 1.